The molecule has 1 nitrogen and oxygen atoms in total. The molecule has 0 radical (unpaired) electrons. The summed E-state index contributed by atoms with van der Waals surface area (Å²) in [7, 11) is 2.05. The molecule has 1 atom stereocenters. The maximum Gasteiger partial charge on any atom is 0.0177 e. The molecular weight excluding hydrogens is 274 g/mol. The summed E-state index contributed by atoms with van der Waals surface area (Å²) in [6, 6.07) is 8.69. The van der Waals surface area contributed by atoms with Crippen molar-refractivity contribution in [3.05, 3.63) is 34.3 Å². The summed E-state index contributed by atoms with van der Waals surface area (Å²) in [5.74, 6) is 1.56. The average Bonchev–Trinajstić information content (AvgIpc) is 2.31. The van der Waals surface area contributed by atoms with Crippen LogP contribution in [0.5, 0.6) is 0 Å². The fourth-order valence-corrected chi connectivity index (χ4v) is 3.04. The number of nitrogens with one attached hydrogen (secondary N) is 1. The zero-order valence-electron chi connectivity index (χ0n) is 11.2. The van der Waals surface area contributed by atoms with Crippen LogP contribution in [0.3, 0.4) is 0 Å². The molecule has 2 heteroatoms. The van der Waals surface area contributed by atoms with Gasteiger partial charge in [0.25, 0.3) is 0 Å². The number of hydrogen-bond acceptors (Lipinski definition) is 1. The standard InChI is InChI=1S/C15H24BrN/c1-4-13(5-2)14(11-17-3)9-12-7-6-8-15(16)10-12/h6-8,10,13-14,17H,4-5,9,11H2,1-3H3. The molecule has 1 N–H and O–H groups in total. The van der Waals surface area contributed by atoms with Crippen molar-refractivity contribution in [1.82, 2.24) is 5.32 Å². The van der Waals surface area contributed by atoms with E-state index in [2.05, 4.69) is 66.4 Å². The maximum atomic E-state index is 3.55. The molecule has 0 aromatic heterocycles. The lowest BCUT2D eigenvalue weighted by Gasteiger charge is -2.25. The van der Waals surface area contributed by atoms with Gasteiger partial charge in [0, 0.05) is 4.47 Å². The highest BCUT2D eigenvalue weighted by Gasteiger charge is 2.18. The van der Waals surface area contributed by atoms with E-state index in [1.54, 1.807) is 0 Å². The minimum atomic E-state index is 0.740. The molecule has 0 amide bonds. The fourth-order valence-electron chi connectivity index (χ4n) is 2.59. The Morgan fingerprint density at radius 1 is 1.18 bits per heavy atom. The van der Waals surface area contributed by atoms with E-state index in [0.717, 1.165) is 18.4 Å². The molecule has 0 heterocycles. The van der Waals surface area contributed by atoms with Crippen LogP contribution in [-0.2, 0) is 6.42 Å². The Kier molecular flexibility index (Phi) is 6.83. The quantitative estimate of drug-likeness (QED) is 0.793. The van der Waals surface area contributed by atoms with Gasteiger partial charge in [-0.05, 0) is 49.5 Å². The van der Waals surface area contributed by atoms with Crippen molar-refractivity contribution in [2.45, 2.75) is 33.1 Å². The van der Waals surface area contributed by atoms with Crippen LogP contribution < -0.4 is 5.32 Å². The Balaban J connectivity index is 2.71. The van der Waals surface area contributed by atoms with Gasteiger partial charge in [-0.25, -0.2) is 0 Å². The van der Waals surface area contributed by atoms with E-state index >= 15 is 0 Å². The second-order valence-corrected chi connectivity index (χ2v) is 5.64. The van der Waals surface area contributed by atoms with Gasteiger partial charge in [-0.3, -0.25) is 0 Å². The van der Waals surface area contributed by atoms with E-state index in [1.165, 1.54) is 29.3 Å². The normalized spacial score (nSPS) is 13.0. The van der Waals surface area contributed by atoms with Gasteiger partial charge in [-0.1, -0.05) is 54.8 Å². The van der Waals surface area contributed by atoms with Gasteiger partial charge < -0.3 is 5.32 Å². The van der Waals surface area contributed by atoms with Crippen LogP contribution in [0, 0.1) is 11.8 Å². The van der Waals surface area contributed by atoms with Gasteiger partial charge in [0.1, 0.15) is 0 Å². The van der Waals surface area contributed by atoms with Gasteiger partial charge >= 0.3 is 0 Å². The number of benzene rings is 1. The van der Waals surface area contributed by atoms with Crippen molar-refractivity contribution in [3.8, 4) is 0 Å². The van der Waals surface area contributed by atoms with E-state index in [9.17, 15) is 0 Å². The predicted molar refractivity (Wildman–Crippen MR) is 79.3 cm³/mol. The Hall–Kier alpha value is -0.340. The Morgan fingerprint density at radius 2 is 1.88 bits per heavy atom. The van der Waals surface area contributed by atoms with Gasteiger partial charge in [0.15, 0.2) is 0 Å². The zero-order chi connectivity index (χ0) is 12.7. The topological polar surface area (TPSA) is 12.0 Å². The first kappa shape index (κ1) is 14.7. The van der Waals surface area contributed by atoms with Crippen LogP contribution in [0.25, 0.3) is 0 Å². The molecule has 0 aliphatic rings. The second-order valence-electron chi connectivity index (χ2n) is 4.73. The molecule has 0 fully saturated rings. The highest BCUT2D eigenvalue weighted by molar-refractivity contribution is 9.10. The average molecular weight is 298 g/mol. The molecular formula is C15H24BrN. The summed E-state index contributed by atoms with van der Waals surface area (Å²) in [4.78, 5) is 0. The van der Waals surface area contributed by atoms with E-state index in [1.807, 2.05) is 0 Å². The molecule has 1 unspecified atom stereocenters. The molecule has 96 valence electrons. The van der Waals surface area contributed by atoms with Crippen LogP contribution >= 0.6 is 15.9 Å². The largest absolute Gasteiger partial charge is 0.319 e. The van der Waals surface area contributed by atoms with Crippen LogP contribution in [0.1, 0.15) is 32.3 Å². The highest BCUT2D eigenvalue weighted by atomic mass is 79.9. The minimum Gasteiger partial charge on any atom is -0.319 e. The summed E-state index contributed by atoms with van der Waals surface area (Å²) in [5, 5.41) is 3.34. The van der Waals surface area contributed by atoms with Crippen molar-refractivity contribution >= 4 is 15.9 Å². The minimum absolute atomic E-state index is 0.740. The lowest BCUT2D eigenvalue weighted by atomic mass is 9.83. The van der Waals surface area contributed by atoms with Crippen LogP contribution in [0.15, 0.2) is 28.7 Å². The highest BCUT2D eigenvalue weighted by Crippen LogP contribution is 2.24. The molecule has 1 rings (SSSR count). The van der Waals surface area contributed by atoms with Crippen LogP contribution in [0.4, 0.5) is 0 Å². The summed E-state index contributed by atoms with van der Waals surface area (Å²) < 4.78 is 1.18. The Morgan fingerprint density at radius 3 is 2.41 bits per heavy atom. The molecule has 0 aliphatic heterocycles. The van der Waals surface area contributed by atoms with E-state index in [-0.39, 0.29) is 0 Å². The molecule has 0 aliphatic carbocycles. The first-order valence-corrected chi connectivity index (χ1v) is 7.39. The SMILES string of the molecule is CCC(CC)C(CNC)Cc1cccc(Br)c1. The van der Waals surface area contributed by atoms with E-state index < -0.39 is 0 Å². The molecule has 1 aromatic carbocycles. The first-order valence-electron chi connectivity index (χ1n) is 6.60. The smallest absolute Gasteiger partial charge is 0.0177 e. The maximum absolute atomic E-state index is 3.55. The number of hydrogen-bond donors (Lipinski definition) is 1. The van der Waals surface area contributed by atoms with E-state index in [0.29, 0.717) is 0 Å². The Bertz CT molecular complexity index is 320. The van der Waals surface area contributed by atoms with Gasteiger partial charge in [-0.2, -0.15) is 0 Å². The molecule has 0 saturated carbocycles. The van der Waals surface area contributed by atoms with Crippen molar-refractivity contribution in [2.75, 3.05) is 13.6 Å². The van der Waals surface area contributed by atoms with Crippen molar-refractivity contribution < 1.29 is 0 Å². The third kappa shape index (κ3) is 4.81. The number of halogens is 1. The van der Waals surface area contributed by atoms with Crippen molar-refractivity contribution in [3.63, 3.8) is 0 Å². The summed E-state index contributed by atoms with van der Waals surface area (Å²) in [6.07, 6.45) is 3.72. The van der Waals surface area contributed by atoms with E-state index in [4.69, 9.17) is 0 Å². The predicted octanol–water partition coefficient (Wildman–Crippen LogP) is 4.26. The molecule has 0 saturated heterocycles. The monoisotopic (exact) mass is 297 g/mol. The fraction of sp³-hybridized carbons (Fsp3) is 0.600. The molecule has 0 spiro atoms. The van der Waals surface area contributed by atoms with Crippen LogP contribution in [0.2, 0.25) is 0 Å². The number of rotatable bonds is 7. The molecule has 17 heavy (non-hydrogen) atoms. The van der Waals surface area contributed by atoms with Crippen molar-refractivity contribution in [1.29, 1.82) is 0 Å². The molecule has 1 aromatic rings. The van der Waals surface area contributed by atoms with Crippen molar-refractivity contribution in [2.24, 2.45) is 11.8 Å². The van der Waals surface area contributed by atoms with Crippen LogP contribution in [-0.4, -0.2) is 13.6 Å². The van der Waals surface area contributed by atoms with Gasteiger partial charge in [-0.15, -0.1) is 0 Å². The summed E-state index contributed by atoms with van der Waals surface area (Å²) in [5.41, 5.74) is 1.44. The zero-order valence-corrected chi connectivity index (χ0v) is 12.8. The third-order valence-corrected chi connectivity index (χ3v) is 4.06. The first-order chi connectivity index (χ1) is 8.21. The lowest BCUT2D eigenvalue weighted by molar-refractivity contribution is 0.304. The summed E-state index contributed by atoms with van der Waals surface area (Å²) in [6.45, 7) is 5.72. The van der Waals surface area contributed by atoms with Gasteiger partial charge in [0.05, 0.1) is 0 Å². The molecule has 0 bridgehead atoms. The lowest BCUT2D eigenvalue weighted by Crippen LogP contribution is -2.27. The third-order valence-electron chi connectivity index (χ3n) is 3.57. The second kappa shape index (κ2) is 7.88. The van der Waals surface area contributed by atoms with Gasteiger partial charge in [0.2, 0.25) is 0 Å². The Labute approximate surface area is 114 Å². The summed E-state index contributed by atoms with van der Waals surface area (Å²) >= 11 is 3.55.